The third kappa shape index (κ3) is 4.29. The predicted octanol–water partition coefficient (Wildman–Crippen LogP) is 0.407. The van der Waals surface area contributed by atoms with Crippen LogP contribution in [-0.2, 0) is 19.4 Å². The van der Waals surface area contributed by atoms with E-state index < -0.39 is 9.84 Å². The van der Waals surface area contributed by atoms with Crippen LogP contribution in [0.25, 0.3) is 0 Å². The normalized spacial score (nSPS) is 19.6. The number of carbonyl (C=O) groups excluding carboxylic acids is 1. The number of hydrogen-bond acceptors (Lipinski definition) is 5. The van der Waals surface area contributed by atoms with E-state index >= 15 is 0 Å². The quantitative estimate of drug-likeness (QED) is 0.841. The van der Waals surface area contributed by atoms with Gasteiger partial charge in [-0.1, -0.05) is 6.07 Å². The van der Waals surface area contributed by atoms with Gasteiger partial charge in [-0.2, -0.15) is 0 Å². The van der Waals surface area contributed by atoms with Crippen molar-refractivity contribution in [1.82, 2.24) is 5.32 Å². The van der Waals surface area contributed by atoms with Gasteiger partial charge >= 0.3 is 0 Å². The zero-order valence-electron chi connectivity index (χ0n) is 11.3. The standard InChI is InChI=1S/C13H18N2O4S/c1-20(17,18)12-4-2-3-10(7-12)15-13(16)8-11-9-19-6-5-14-11/h2-4,7,11,14H,5-6,8-9H2,1H3,(H,15,16). The van der Waals surface area contributed by atoms with Gasteiger partial charge in [0.05, 0.1) is 18.1 Å². The molecule has 1 heterocycles. The van der Waals surface area contributed by atoms with Crippen molar-refractivity contribution in [1.29, 1.82) is 0 Å². The summed E-state index contributed by atoms with van der Waals surface area (Å²) in [5.74, 6) is -0.168. The Morgan fingerprint density at radius 2 is 2.30 bits per heavy atom. The molecule has 6 nitrogen and oxygen atoms in total. The first-order chi connectivity index (χ1) is 9.45. The minimum Gasteiger partial charge on any atom is -0.378 e. The number of carbonyl (C=O) groups is 1. The van der Waals surface area contributed by atoms with Crippen molar-refractivity contribution >= 4 is 21.4 Å². The van der Waals surface area contributed by atoms with Crippen LogP contribution in [0.2, 0.25) is 0 Å². The van der Waals surface area contributed by atoms with Crippen molar-refractivity contribution in [3.8, 4) is 0 Å². The smallest absolute Gasteiger partial charge is 0.226 e. The van der Waals surface area contributed by atoms with Crippen molar-refractivity contribution in [3.63, 3.8) is 0 Å². The molecule has 0 aliphatic carbocycles. The zero-order chi connectivity index (χ0) is 14.6. The molecular weight excluding hydrogens is 280 g/mol. The summed E-state index contributed by atoms with van der Waals surface area (Å²) in [5, 5.41) is 5.89. The lowest BCUT2D eigenvalue weighted by Crippen LogP contribution is -2.43. The van der Waals surface area contributed by atoms with E-state index in [4.69, 9.17) is 4.74 Å². The highest BCUT2D eigenvalue weighted by Crippen LogP contribution is 2.15. The van der Waals surface area contributed by atoms with Gasteiger partial charge in [0.15, 0.2) is 9.84 Å². The number of rotatable bonds is 4. The average Bonchev–Trinajstić information content (AvgIpc) is 2.39. The Hall–Kier alpha value is -1.44. The van der Waals surface area contributed by atoms with Gasteiger partial charge in [-0.05, 0) is 18.2 Å². The zero-order valence-corrected chi connectivity index (χ0v) is 12.1. The van der Waals surface area contributed by atoms with Crippen molar-refractivity contribution in [2.24, 2.45) is 0 Å². The van der Waals surface area contributed by atoms with Crippen molar-refractivity contribution < 1.29 is 17.9 Å². The fourth-order valence-electron chi connectivity index (χ4n) is 1.99. The number of anilines is 1. The van der Waals surface area contributed by atoms with Gasteiger partial charge in [-0.25, -0.2) is 8.42 Å². The Morgan fingerprint density at radius 1 is 1.50 bits per heavy atom. The van der Waals surface area contributed by atoms with Crippen molar-refractivity contribution in [2.75, 3.05) is 31.3 Å². The SMILES string of the molecule is CS(=O)(=O)c1cccc(NC(=O)CC2COCCN2)c1. The molecular formula is C13H18N2O4S. The van der Waals surface area contributed by atoms with Gasteiger partial charge in [0.1, 0.15) is 0 Å². The lowest BCUT2D eigenvalue weighted by atomic mass is 10.2. The fourth-order valence-corrected chi connectivity index (χ4v) is 2.66. The highest BCUT2D eigenvalue weighted by molar-refractivity contribution is 7.90. The first-order valence-corrected chi connectivity index (χ1v) is 8.25. The minimum atomic E-state index is -3.27. The molecule has 0 spiro atoms. The third-order valence-corrected chi connectivity index (χ3v) is 4.09. The molecule has 1 aliphatic rings. The number of ether oxygens (including phenoxy) is 1. The van der Waals surface area contributed by atoms with Crippen LogP contribution in [0.4, 0.5) is 5.69 Å². The predicted molar refractivity (Wildman–Crippen MR) is 75.4 cm³/mol. The number of amides is 1. The Morgan fingerprint density at radius 3 is 2.95 bits per heavy atom. The molecule has 1 unspecified atom stereocenters. The maximum absolute atomic E-state index is 11.9. The summed E-state index contributed by atoms with van der Waals surface area (Å²) in [6, 6.07) is 6.23. The molecule has 1 fully saturated rings. The molecule has 0 radical (unpaired) electrons. The van der Waals surface area contributed by atoms with E-state index in [2.05, 4.69) is 10.6 Å². The van der Waals surface area contributed by atoms with Crippen molar-refractivity contribution in [2.45, 2.75) is 17.4 Å². The van der Waals surface area contributed by atoms with E-state index in [1.54, 1.807) is 12.1 Å². The van der Waals surface area contributed by atoms with Crippen LogP contribution in [-0.4, -0.2) is 46.4 Å². The van der Waals surface area contributed by atoms with Crippen LogP contribution in [0, 0.1) is 0 Å². The van der Waals surface area contributed by atoms with E-state index in [1.807, 2.05) is 0 Å². The second kappa shape index (κ2) is 6.34. The van der Waals surface area contributed by atoms with Gasteiger partial charge in [-0.3, -0.25) is 4.79 Å². The van der Waals surface area contributed by atoms with Crippen LogP contribution < -0.4 is 10.6 Å². The molecule has 1 saturated heterocycles. The number of benzene rings is 1. The number of hydrogen-bond donors (Lipinski definition) is 2. The lowest BCUT2D eigenvalue weighted by Gasteiger charge is -2.23. The van der Waals surface area contributed by atoms with E-state index in [0.717, 1.165) is 12.8 Å². The summed E-state index contributed by atoms with van der Waals surface area (Å²) in [7, 11) is -3.27. The third-order valence-electron chi connectivity index (χ3n) is 2.98. The molecule has 7 heteroatoms. The Bertz CT molecular complexity index is 580. The van der Waals surface area contributed by atoms with Gasteiger partial charge in [0.2, 0.25) is 5.91 Å². The Labute approximate surface area is 118 Å². The van der Waals surface area contributed by atoms with Crippen LogP contribution in [0.15, 0.2) is 29.2 Å². The largest absolute Gasteiger partial charge is 0.378 e. The van der Waals surface area contributed by atoms with E-state index in [1.165, 1.54) is 12.1 Å². The second-order valence-electron chi connectivity index (χ2n) is 4.78. The van der Waals surface area contributed by atoms with Gasteiger partial charge in [0.25, 0.3) is 0 Å². The minimum absolute atomic E-state index is 0.00170. The van der Waals surface area contributed by atoms with Crippen LogP contribution in [0.3, 0.4) is 0 Å². The molecule has 110 valence electrons. The molecule has 2 N–H and O–H groups in total. The molecule has 1 aliphatic heterocycles. The maximum Gasteiger partial charge on any atom is 0.226 e. The first kappa shape index (κ1) is 15.0. The molecule has 1 aromatic rings. The molecule has 1 atom stereocenters. The highest BCUT2D eigenvalue weighted by Gasteiger charge is 2.17. The maximum atomic E-state index is 11.9. The van der Waals surface area contributed by atoms with E-state index in [-0.39, 0.29) is 16.8 Å². The van der Waals surface area contributed by atoms with E-state index in [9.17, 15) is 13.2 Å². The van der Waals surface area contributed by atoms with Gasteiger partial charge < -0.3 is 15.4 Å². The molecule has 1 amide bonds. The number of morpholine rings is 1. The van der Waals surface area contributed by atoms with E-state index in [0.29, 0.717) is 25.3 Å². The average molecular weight is 298 g/mol. The monoisotopic (exact) mass is 298 g/mol. The molecule has 20 heavy (non-hydrogen) atoms. The molecule has 0 bridgehead atoms. The second-order valence-corrected chi connectivity index (χ2v) is 6.79. The van der Waals surface area contributed by atoms with Crippen LogP contribution in [0.5, 0.6) is 0 Å². The summed E-state index contributed by atoms with van der Waals surface area (Å²) >= 11 is 0. The fraction of sp³-hybridized carbons (Fsp3) is 0.462. The van der Waals surface area contributed by atoms with Gasteiger partial charge in [0, 0.05) is 31.0 Å². The lowest BCUT2D eigenvalue weighted by molar-refractivity contribution is -0.117. The molecule has 1 aromatic carbocycles. The highest BCUT2D eigenvalue weighted by atomic mass is 32.2. The summed E-state index contributed by atoms with van der Waals surface area (Å²) in [4.78, 5) is 12.1. The summed E-state index contributed by atoms with van der Waals surface area (Å²) in [6.07, 6.45) is 1.43. The first-order valence-electron chi connectivity index (χ1n) is 6.36. The summed E-state index contributed by atoms with van der Waals surface area (Å²) in [5.41, 5.74) is 0.481. The van der Waals surface area contributed by atoms with Crippen molar-refractivity contribution in [3.05, 3.63) is 24.3 Å². The molecule has 0 aromatic heterocycles. The Balaban J connectivity index is 1.97. The Kier molecular flexibility index (Phi) is 4.74. The summed E-state index contributed by atoms with van der Waals surface area (Å²) < 4.78 is 28.2. The van der Waals surface area contributed by atoms with Crippen LogP contribution in [0.1, 0.15) is 6.42 Å². The van der Waals surface area contributed by atoms with Crippen LogP contribution >= 0.6 is 0 Å². The summed E-state index contributed by atoms with van der Waals surface area (Å²) in [6.45, 7) is 1.91. The molecule has 0 saturated carbocycles. The van der Waals surface area contributed by atoms with Gasteiger partial charge in [-0.15, -0.1) is 0 Å². The molecule has 2 rings (SSSR count). The topological polar surface area (TPSA) is 84.5 Å². The number of sulfone groups is 1. The number of nitrogens with one attached hydrogen (secondary N) is 2.